The van der Waals surface area contributed by atoms with Gasteiger partial charge in [-0.1, -0.05) is 59.6 Å². The number of carbonyl (C=O) groups excluding carboxylic acids is 1. The molecule has 1 unspecified atom stereocenters. The van der Waals surface area contributed by atoms with Gasteiger partial charge in [0.05, 0.1) is 6.42 Å². The number of aliphatic carboxylic acids is 1. The minimum Gasteiger partial charge on any atom is -0.480 e. The van der Waals surface area contributed by atoms with Crippen molar-refractivity contribution < 1.29 is 14.7 Å². The SMILES string of the molecule is O=C(Cc1c(Cl)cccc1Cl)NC(Cc1ccccc1)C(=O)O. The van der Waals surface area contributed by atoms with Crippen molar-refractivity contribution in [1.82, 2.24) is 5.32 Å². The van der Waals surface area contributed by atoms with E-state index < -0.39 is 17.9 Å². The van der Waals surface area contributed by atoms with E-state index in [1.54, 1.807) is 18.2 Å². The molecule has 1 amide bonds. The van der Waals surface area contributed by atoms with Gasteiger partial charge in [0, 0.05) is 16.5 Å². The first-order valence-electron chi connectivity index (χ1n) is 6.96. The van der Waals surface area contributed by atoms with Crippen LogP contribution in [0.5, 0.6) is 0 Å². The predicted molar refractivity (Wildman–Crippen MR) is 89.9 cm³/mol. The van der Waals surface area contributed by atoms with Crippen LogP contribution in [0.4, 0.5) is 0 Å². The molecule has 0 aliphatic carbocycles. The van der Waals surface area contributed by atoms with E-state index in [9.17, 15) is 14.7 Å². The van der Waals surface area contributed by atoms with Crippen LogP contribution in [0.25, 0.3) is 0 Å². The lowest BCUT2D eigenvalue weighted by atomic mass is 10.1. The maximum atomic E-state index is 12.1. The van der Waals surface area contributed by atoms with E-state index in [0.29, 0.717) is 15.6 Å². The Labute approximate surface area is 144 Å². The van der Waals surface area contributed by atoms with E-state index in [2.05, 4.69) is 5.32 Å². The highest BCUT2D eigenvalue weighted by molar-refractivity contribution is 6.36. The molecule has 2 N–H and O–H groups in total. The van der Waals surface area contributed by atoms with Crippen LogP contribution in [0.15, 0.2) is 48.5 Å². The van der Waals surface area contributed by atoms with Crippen molar-refractivity contribution in [1.29, 1.82) is 0 Å². The third-order valence-corrected chi connectivity index (χ3v) is 4.02. The van der Waals surface area contributed by atoms with Gasteiger partial charge in [0.1, 0.15) is 6.04 Å². The van der Waals surface area contributed by atoms with Crippen LogP contribution in [-0.2, 0) is 22.4 Å². The van der Waals surface area contributed by atoms with Gasteiger partial charge >= 0.3 is 5.97 Å². The van der Waals surface area contributed by atoms with Crippen LogP contribution in [-0.4, -0.2) is 23.0 Å². The van der Waals surface area contributed by atoms with Gasteiger partial charge in [0.25, 0.3) is 0 Å². The van der Waals surface area contributed by atoms with Crippen molar-refractivity contribution in [2.75, 3.05) is 0 Å². The van der Waals surface area contributed by atoms with Crippen molar-refractivity contribution in [3.63, 3.8) is 0 Å². The number of benzene rings is 2. The summed E-state index contributed by atoms with van der Waals surface area (Å²) in [7, 11) is 0. The molecule has 2 aromatic carbocycles. The zero-order valence-corrected chi connectivity index (χ0v) is 13.6. The molecule has 0 aromatic heterocycles. The maximum absolute atomic E-state index is 12.1. The quantitative estimate of drug-likeness (QED) is 0.838. The minimum absolute atomic E-state index is 0.0723. The molecule has 0 fully saturated rings. The van der Waals surface area contributed by atoms with Crippen molar-refractivity contribution in [2.24, 2.45) is 0 Å². The summed E-state index contributed by atoms with van der Waals surface area (Å²) in [5.74, 6) is -1.53. The van der Waals surface area contributed by atoms with Gasteiger partial charge in [-0.05, 0) is 23.3 Å². The molecule has 0 radical (unpaired) electrons. The number of halogens is 2. The monoisotopic (exact) mass is 351 g/mol. The molecular weight excluding hydrogens is 337 g/mol. The van der Waals surface area contributed by atoms with Gasteiger partial charge in [0.15, 0.2) is 0 Å². The Kier molecular flexibility index (Phi) is 6.02. The Morgan fingerprint density at radius 1 is 1.00 bits per heavy atom. The fourth-order valence-corrected chi connectivity index (χ4v) is 2.69. The number of rotatable bonds is 6. The highest BCUT2D eigenvalue weighted by Gasteiger charge is 2.21. The van der Waals surface area contributed by atoms with Crippen molar-refractivity contribution in [2.45, 2.75) is 18.9 Å². The number of nitrogens with one attached hydrogen (secondary N) is 1. The number of carboxylic acid groups (broad SMARTS) is 1. The van der Waals surface area contributed by atoms with E-state index in [0.717, 1.165) is 5.56 Å². The van der Waals surface area contributed by atoms with E-state index in [4.69, 9.17) is 23.2 Å². The summed E-state index contributed by atoms with van der Waals surface area (Å²) in [6.07, 6.45) is 0.134. The number of amides is 1. The molecule has 0 saturated carbocycles. The first kappa shape index (κ1) is 17.3. The van der Waals surface area contributed by atoms with E-state index in [-0.39, 0.29) is 12.8 Å². The Bertz CT molecular complexity index is 684. The van der Waals surface area contributed by atoms with Crippen LogP contribution in [0.3, 0.4) is 0 Å². The van der Waals surface area contributed by atoms with Crippen molar-refractivity contribution in [3.05, 3.63) is 69.7 Å². The number of hydrogen-bond donors (Lipinski definition) is 2. The lowest BCUT2D eigenvalue weighted by molar-refractivity contribution is -0.141. The molecule has 0 spiro atoms. The predicted octanol–water partition coefficient (Wildman–Crippen LogP) is 3.35. The summed E-state index contributed by atoms with van der Waals surface area (Å²) >= 11 is 12.0. The highest BCUT2D eigenvalue weighted by atomic mass is 35.5. The Morgan fingerprint density at radius 3 is 2.17 bits per heavy atom. The average molecular weight is 352 g/mol. The fourth-order valence-electron chi connectivity index (χ4n) is 2.16. The summed E-state index contributed by atoms with van der Waals surface area (Å²) < 4.78 is 0. The van der Waals surface area contributed by atoms with Gasteiger partial charge < -0.3 is 10.4 Å². The molecule has 1 atom stereocenters. The second-order valence-corrected chi connectivity index (χ2v) is 5.84. The maximum Gasteiger partial charge on any atom is 0.326 e. The lowest BCUT2D eigenvalue weighted by Gasteiger charge is -2.15. The summed E-state index contributed by atoms with van der Waals surface area (Å²) in [6, 6.07) is 13.0. The Morgan fingerprint density at radius 2 is 1.61 bits per heavy atom. The number of hydrogen-bond acceptors (Lipinski definition) is 2. The van der Waals surface area contributed by atoms with Gasteiger partial charge in [-0.3, -0.25) is 4.79 Å². The molecule has 2 aromatic rings. The Balaban J connectivity index is 2.05. The third kappa shape index (κ3) is 4.98. The van der Waals surface area contributed by atoms with Crippen LogP contribution < -0.4 is 5.32 Å². The first-order chi connectivity index (χ1) is 11.0. The van der Waals surface area contributed by atoms with Gasteiger partial charge in [-0.25, -0.2) is 4.79 Å². The number of carboxylic acids is 1. The fraction of sp³-hybridized carbons (Fsp3) is 0.176. The van der Waals surface area contributed by atoms with Crippen LogP contribution in [0.1, 0.15) is 11.1 Å². The second kappa shape index (κ2) is 7.99. The normalized spacial score (nSPS) is 11.7. The molecule has 0 aliphatic heterocycles. The average Bonchev–Trinajstić information content (AvgIpc) is 2.51. The molecule has 4 nitrogen and oxygen atoms in total. The van der Waals surface area contributed by atoms with E-state index >= 15 is 0 Å². The molecular formula is C17H15Cl2NO3. The molecule has 0 bridgehead atoms. The third-order valence-electron chi connectivity index (χ3n) is 3.31. The smallest absolute Gasteiger partial charge is 0.326 e. The first-order valence-corrected chi connectivity index (χ1v) is 7.72. The molecule has 6 heteroatoms. The number of carbonyl (C=O) groups is 2. The van der Waals surface area contributed by atoms with Crippen LogP contribution >= 0.6 is 23.2 Å². The molecule has 23 heavy (non-hydrogen) atoms. The molecule has 0 saturated heterocycles. The zero-order chi connectivity index (χ0) is 16.8. The van der Waals surface area contributed by atoms with Crippen molar-refractivity contribution in [3.8, 4) is 0 Å². The molecule has 2 rings (SSSR count). The zero-order valence-electron chi connectivity index (χ0n) is 12.1. The summed E-state index contributed by atoms with van der Waals surface area (Å²) in [5, 5.41) is 12.6. The largest absolute Gasteiger partial charge is 0.480 e. The van der Waals surface area contributed by atoms with E-state index in [1.165, 1.54) is 0 Å². The standard InChI is InChI=1S/C17H15Cl2NO3/c18-13-7-4-8-14(19)12(13)10-16(21)20-15(17(22)23)9-11-5-2-1-3-6-11/h1-8,15H,9-10H2,(H,20,21)(H,22,23). The molecule has 0 aliphatic rings. The van der Waals surface area contributed by atoms with Gasteiger partial charge in [-0.15, -0.1) is 0 Å². The lowest BCUT2D eigenvalue weighted by Crippen LogP contribution is -2.43. The van der Waals surface area contributed by atoms with Crippen molar-refractivity contribution >= 4 is 35.1 Å². The second-order valence-electron chi connectivity index (χ2n) is 5.03. The Hall–Kier alpha value is -2.04. The van der Waals surface area contributed by atoms with Crippen LogP contribution in [0, 0.1) is 0 Å². The molecule has 120 valence electrons. The summed E-state index contributed by atoms with van der Waals surface area (Å²) in [5.41, 5.74) is 1.31. The topological polar surface area (TPSA) is 66.4 Å². The minimum atomic E-state index is -1.09. The highest BCUT2D eigenvalue weighted by Crippen LogP contribution is 2.24. The van der Waals surface area contributed by atoms with E-state index in [1.807, 2.05) is 30.3 Å². The summed E-state index contributed by atoms with van der Waals surface area (Å²) in [4.78, 5) is 23.5. The van der Waals surface area contributed by atoms with Gasteiger partial charge in [-0.2, -0.15) is 0 Å². The molecule has 0 heterocycles. The summed E-state index contributed by atoms with van der Waals surface area (Å²) in [6.45, 7) is 0. The van der Waals surface area contributed by atoms with Crippen LogP contribution in [0.2, 0.25) is 10.0 Å². The van der Waals surface area contributed by atoms with Gasteiger partial charge in [0.2, 0.25) is 5.91 Å².